The van der Waals surface area contributed by atoms with Crippen LogP contribution in [0.25, 0.3) is 6.08 Å². The topological polar surface area (TPSA) is 38.8 Å². The van der Waals surface area contributed by atoms with Crippen LogP contribution in [-0.2, 0) is 11.3 Å². The van der Waals surface area contributed by atoms with Gasteiger partial charge >= 0.3 is 0 Å². The first-order chi connectivity index (χ1) is 12.0. The highest BCUT2D eigenvalue weighted by atomic mass is 16.5. The fourth-order valence-electron chi connectivity index (χ4n) is 2.41. The van der Waals surface area contributed by atoms with Gasteiger partial charge in [-0.05, 0) is 43.2 Å². The molecule has 4 heteroatoms. The molecule has 0 aliphatic carbocycles. The molecular formula is C21H25NO3. The molecule has 1 amide bonds. The summed E-state index contributed by atoms with van der Waals surface area (Å²) in [7, 11) is 3.41. The SMILES string of the molecule is CCOc1cc(C=CC(=O)N(C)Cc2ccc(C)cc2)ccc1OC. The summed E-state index contributed by atoms with van der Waals surface area (Å²) in [6, 6.07) is 13.8. The number of aryl methyl sites for hydroxylation is 1. The number of carbonyl (C=O) groups is 1. The lowest BCUT2D eigenvalue weighted by Crippen LogP contribution is -2.24. The van der Waals surface area contributed by atoms with Gasteiger partial charge in [0.25, 0.3) is 0 Å². The number of carbonyl (C=O) groups excluding carboxylic acids is 1. The van der Waals surface area contributed by atoms with E-state index >= 15 is 0 Å². The maximum absolute atomic E-state index is 12.3. The third-order valence-corrected chi connectivity index (χ3v) is 3.82. The second-order valence-electron chi connectivity index (χ2n) is 5.86. The van der Waals surface area contributed by atoms with Crippen LogP contribution in [0.2, 0.25) is 0 Å². The molecule has 0 unspecified atom stereocenters. The first kappa shape index (κ1) is 18.6. The predicted molar refractivity (Wildman–Crippen MR) is 101 cm³/mol. The predicted octanol–water partition coefficient (Wildman–Crippen LogP) is 4.07. The average Bonchev–Trinajstić information content (AvgIpc) is 2.62. The molecule has 2 aromatic rings. The van der Waals surface area contributed by atoms with Crippen molar-refractivity contribution in [2.45, 2.75) is 20.4 Å². The molecule has 0 spiro atoms. The van der Waals surface area contributed by atoms with Gasteiger partial charge in [0.1, 0.15) is 0 Å². The van der Waals surface area contributed by atoms with Crippen molar-refractivity contribution in [2.24, 2.45) is 0 Å². The Morgan fingerprint density at radius 3 is 2.48 bits per heavy atom. The molecule has 0 N–H and O–H groups in total. The Morgan fingerprint density at radius 1 is 1.12 bits per heavy atom. The number of rotatable bonds is 7. The van der Waals surface area contributed by atoms with E-state index in [2.05, 4.69) is 12.1 Å². The minimum Gasteiger partial charge on any atom is -0.493 e. The van der Waals surface area contributed by atoms with Crippen LogP contribution in [-0.4, -0.2) is 31.6 Å². The molecule has 0 aliphatic heterocycles. The lowest BCUT2D eigenvalue weighted by Gasteiger charge is -2.15. The van der Waals surface area contributed by atoms with Crippen molar-refractivity contribution in [3.8, 4) is 11.5 Å². The summed E-state index contributed by atoms with van der Waals surface area (Å²) in [5, 5.41) is 0. The number of likely N-dealkylation sites (N-methyl/N-ethyl adjacent to an activating group) is 1. The minimum absolute atomic E-state index is 0.0469. The molecule has 0 bridgehead atoms. The lowest BCUT2D eigenvalue weighted by atomic mass is 10.1. The van der Waals surface area contributed by atoms with E-state index in [-0.39, 0.29) is 5.91 Å². The van der Waals surface area contributed by atoms with Crippen molar-refractivity contribution < 1.29 is 14.3 Å². The first-order valence-electron chi connectivity index (χ1n) is 8.33. The van der Waals surface area contributed by atoms with Crippen molar-refractivity contribution in [3.05, 3.63) is 65.2 Å². The molecule has 0 aromatic heterocycles. The largest absolute Gasteiger partial charge is 0.493 e. The van der Waals surface area contributed by atoms with Gasteiger partial charge in [-0.25, -0.2) is 0 Å². The second-order valence-corrected chi connectivity index (χ2v) is 5.86. The Bertz CT molecular complexity index is 735. The first-order valence-corrected chi connectivity index (χ1v) is 8.33. The highest BCUT2D eigenvalue weighted by Gasteiger charge is 2.07. The Labute approximate surface area is 149 Å². The summed E-state index contributed by atoms with van der Waals surface area (Å²) in [5.74, 6) is 1.31. The summed E-state index contributed by atoms with van der Waals surface area (Å²) in [4.78, 5) is 14.0. The van der Waals surface area contributed by atoms with Crippen LogP contribution >= 0.6 is 0 Å². The number of hydrogen-bond acceptors (Lipinski definition) is 3. The molecule has 0 saturated carbocycles. The van der Waals surface area contributed by atoms with E-state index in [1.165, 1.54) is 5.56 Å². The van der Waals surface area contributed by atoms with Crippen LogP contribution in [0.3, 0.4) is 0 Å². The fourth-order valence-corrected chi connectivity index (χ4v) is 2.41. The van der Waals surface area contributed by atoms with E-state index in [1.54, 1.807) is 31.2 Å². The number of hydrogen-bond donors (Lipinski definition) is 0. The normalized spacial score (nSPS) is 10.7. The summed E-state index contributed by atoms with van der Waals surface area (Å²) in [6.45, 7) is 5.11. The number of ether oxygens (including phenoxy) is 2. The average molecular weight is 339 g/mol. The molecule has 25 heavy (non-hydrogen) atoms. The molecule has 0 atom stereocenters. The van der Waals surface area contributed by atoms with Crippen LogP contribution in [0.4, 0.5) is 0 Å². The smallest absolute Gasteiger partial charge is 0.246 e. The van der Waals surface area contributed by atoms with Gasteiger partial charge in [-0.2, -0.15) is 0 Å². The van der Waals surface area contributed by atoms with Crippen LogP contribution in [0, 0.1) is 6.92 Å². The Kier molecular flexibility index (Phi) is 6.63. The molecule has 0 radical (unpaired) electrons. The molecule has 0 saturated heterocycles. The van der Waals surface area contributed by atoms with Crippen LogP contribution in [0.5, 0.6) is 11.5 Å². The Morgan fingerprint density at radius 2 is 1.84 bits per heavy atom. The molecule has 2 rings (SSSR count). The van der Waals surface area contributed by atoms with Gasteiger partial charge < -0.3 is 14.4 Å². The van der Waals surface area contributed by atoms with Gasteiger partial charge in [0.15, 0.2) is 11.5 Å². The van der Waals surface area contributed by atoms with Gasteiger partial charge in [0.2, 0.25) is 5.91 Å². The van der Waals surface area contributed by atoms with Crippen molar-refractivity contribution in [2.75, 3.05) is 20.8 Å². The standard InChI is InChI=1S/C21H25NO3/c1-5-25-20-14-17(10-12-19(20)24-4)11-13-21(23)22(3)15-18-8-6-16(2)7-9-18/h6-14H,5,15H2,1-4H3. The van der Waals surface area contributed by atoms with Gasteiger partial charge in [0.05, 0.1) is 13.7 Å². The monoisotopic (exact) mass is 339 g/mol. The van der Waals surface area contributed by atoms with Crippen molar-refractivity contribution in [3.63, 3.8) is 0 Å². The van der Waals surface area contributed by atoms with Crippen molar-refractivity contribution >= 4 is 12.0 Å². The highest BCUT2D eigenvalue weighted by molar-refractivity contribution is 5.91. The zero-order chi connectivity index (χ0) is 18.2. The third kappa shape index (κ3) is 5.38. The Balaban J connectivity index is 2.03. The Hall–Kier alpha value is -2.75. The number of benzene rings is 2. The van der Waals surface area contributed by atoms with Crippen LogP contribution < -0.4 is 9.47 Å². The van der Waals surface area contributed by atoms with E-state index < -0.39 is 0 Å². The van der Waals surface area contributed by atoms with Crippen molar-refractivity contribution in [1.29, 1.82) is 0 Å². The molecule has 0 fully saturated rings. The molecule has 132 valence electrons. The van der Waals surface area contributed by atoms with Gasteiger partial charge in [-0.3, -0.25) is 4.79 Å². The lowest BCUT2D eigenvalue weighted by molar-refractivity contribution is -0.125. The summed E-state index contributed by atoms with van der Waals surface area (Å²) >= 11 is 0. The van der Waals surface area contributed by atoms with E-state index in [1.807, 2.05) is 44.2 Å². The quantitative estimate of drug-likeness (QED) is 0.714. The maximum atomic E-state index is 12.3. The number of amides is 1. The maximum Gasteiger partial charge on any atom is 0.246 e. The van der Waals surface area contributed by atoms with Crippen molar-refractivity contribution in [1.82, 2.24) is 4.90 Å². The molecule has 0 aliphatic rings. The summed E-state index contributed by atoms with van der Waals surface area (Å²) in [6.07, 6.45) is 3.36. The molecule has 0 heterocycles. The van der Waals surface area contributed by atoms with E-state index in [0.29, 0.717) is 24.7 Å². The minimum atomic E-state index is -0.0469. The van der Waals surface area contributed by atoms with Crippen LogP contribution in [0.1, 0.15) is 23.6 Å². The second kappa shape index (κ2) is 8.92. The summed E-state index contributed by atoms with van der Waals surface area (Å²) < 4.78 is 10.8. The zero-order valence-electron chi connectivity index (χ0n) is 15.3. The van der Waals surface area contributed by atoms with E-state index in [4.69, 9.17) is 9.47 Å². The number of nitrogens with zero attached hydrogens (tertiary/aromatic N) is 1. The molecule has 4 nitrogen and oxygen atoms in total. The highest BCUT2D eigenvalue weighted by Crippen LogP contribution is 2.28. The van der Waals surface area contributed by atoms with Gasteiger partial charge in [0, 0.05) is 19.7 Å². The fraction of sp³-hybridized carbons (Fsp3) is 0.286. The third-order valence-electron chi connectivity index (χ3n) is 3.82. The van der Waals surface area contributed by atoms with E-state index in [9.17, 15) is 4.79 Å². The van der Waals surface area contributed by atoms with Gasteiger partial charge in [-0.15, -0.1) is 0 Å². The van der Waals surface area contributed by atoms with Crippen LogP contribution in [0.15, 0.2) is 48.5 Å². The molecule has 2 aromatic carbocycles. The zero-order valence-corrected chi connectivity index (χ0v) is 15.3. The number of methoxy groups -OCH3 is 1. The molecular weight excluding hydrogens is 314 g/mol. The van der Waals surface area contributed by atoms with E-state index in [0.717, 1.165) is 11.1 Å². The summed E-state index contributed by atoms with van der Waals surface area (Å²) in [5.41, 5.74) is 3.21. The van der Waals surface area contributed by atoms with Gasteiger partial charge in [-0.1, -0.05) is 35.9 Å².